The molecule has 1 atom stereocenters. The zero-order valence-corrected chi connectivity index (χ0v) is 37.2. The van der Waals surface area contributed by atoms with Crippen LogP contribution in [0.15, 0.2) is 53.6 Å². The number of piperidine rings is 1. The van der Waals surface area contributed by atoms with Gasteiger partial charge in [0.1, 0.15) is 23.2 Å². The van der Waals surface area contributed by atoms with Crippen LogP contribution in [-0.4, -0.2) is 114 Å². The number of halogens is 2. The van der Waals surface area contributed by atoms with Crippen LogP contribution in [0.25, 0.3) is 21.8 Å². The number of carbonyl (C=O) groups excluding carboxylic acids is 2. The third-order valence-corrected chi connectivity index (χ3v) is 15.3. The van der Waals surface area contributed by atoms with Crippen LogP contribution in [0.1, 0.15) is 63.0 Å². The number of urea groups is 1. The van der Waals surface area contributed by atoms with Crippen molar-refractivity contribution >= 4 is 61.1 Å². The largest absolute Gasteiger partial charge is 0.453 e. The fourth-order valence-electron chi connectivity index (χ4n) is 10.3. The van der Waals surface area contributed by atoms with Crippen molar-refractivity contribution in [1.29, 1.82) is 5.26 Å². The summed E-state index contributed by atoms with van der Waals surface area (Å²) in [5.74, 6) is -1.70. The molecule has 5 aromatic rings. The number of amides is 3. The van der Waals surface area contributed by atoms with Crippen molar-refractivity contribution in [2.75, 3.05) is 73.5 Å². The predicted molar refractivity (Wildman–Crippen MR) is 240 cm³/mol. The van der Waals surface area contributed by atoms with Crippen molar-refractivity contribution in [2.24, 2.45) is 12.5 Å². The molecule has 21 heteroatoms. The summed E-state index contributed by atoms with van der Waals surface area (Å²) in [5.41, 5.74) is 0.889. The first-order chi connectivity index (χ1) is 31.8. The Balaban J connectivity index is 0.772. The summed E-state index contributed by atoms with van der Waals surface area (Å²) in [6.07, 6.45) is 7.43. The van der Waals surface area contributed by atoms with Crippen LogP contribution in [-0.2, 0) is 26.8 Å². The molecule has 4 saturated heterocycles. The molecular weight excluding hydrogens is 877 g/mol. The number of anilines is 3. The molecule has 1 saturated carbocycles. The lowest BCUT2D eigenvalue weighted by molar-refractivity contribution is -0.120. The summed E-state index contributed by atoms with van der Waals surface area (Å²) in [7, 11) is -2.25. The van der Waals surface area contributed by atoms with Crippen molar-refractivity contribution in [3.63, 3.8) is 0 Å². The number of nitrogens with zero attached hydrogens (tertiary/aromatic N) is 9. The molecule has 66 heavy (non-hydrogen) atoms. The Bertz CT molecular complexity index is 2970. The van der Waals surface area contributed by atoms with E-state index in [2.05, 4.69) is 29.9 Å². The van der Waals surface area contributed by atoms with Gasteiger partial charge in [-0.25, -0.2) is 18.6 Å². The third-order valence-electron chi connectivity index (χ3n) is 13.8. The van der Waals surface area contributed by atoms with Gasteiger partial charge in [-0.1, -0.05) is 6.42 Å². The molecular formula is C45H49F2N11O7S. The summed E-state index contributed by atoms with van der Waals surface area (Å²) in [4.78, 5) is 48.7. The Morgan fingerprint density at radius 2 is 1.74 bits per heavy atom. The van der Waals surface area contributed by atoms with Crippen molar-refractivity contribution in [2.45, 2.75) is 63.5 Å². The zero-order chi connectivity index (χ0) is 45.9. The van der Waals surface area contributed by atoms with Gasteiger partial charge >= 0.3 is 16.2 Å². The van der Waals surface area contributed by atoms with Gasteiger partial charge in [0.05, 0.1) is 53.4 Å². The second-order valence-corrected chi connectivity index (χ2v) is 19.7. The topological polar surface area (TPSA) is 200 Å². The maximum atomic E-state index is 15.7. The third kappa shape index (κ3) is 8.09. The molecule has 5 fully saturated rings. The smallest absolute Gasteiger partial charge is 0.329 e. The van der Waals surface area contributed by atoms with Crippen molar-refractivity contribution in [1.82, 2.24) is 33.9 Å². The van der Waals surface area contributed by atoms with Gasteiger partial charge in [-0.2, -0.15) is 23.1 Å². The van der Waals surface area contributed by atoms with Crippen LogP contribution in [0.3, 0.4) is 0 Å². The second kappa shape index (κ2) is 17.2. The Hall–Kier alpha value is -6.21. The number of aromatic nitrogens is 4. The molecule has 1 aliphatic carbocycles. The van der Waals surface area contributed by atoms with E-state index >= 15 is 8.78 Å². The number of carbonyl (C=O) groups is 2. The van der Waals surface area contributed by atoms with E-state index in [1.807, 2.05) is 6.07 Å². The number of nitriles is 1. The number of hydrogen-bond donors (Lipinski definition) is 2. The van der Waals surface area contributed by atoms with E-state index in [9.17, 15) is 28.1 Å². The first-order valence-electron chi connectivity index (χ1n) is 22.3. The molecule has 10 rings (SSSR count). The highest BCUT2D eigenvalue weighted by atomic mass is 32.2. The normalized spacial score (nSPS) is 21.2. The number of fused-ring (bicyclic) bond motifs is 2. The highest BCUT2D eigenvalue weighted by Gasteiger charge is 2.54. The second-order valence-electron chi connectivity index (χ2n) is 18.1. The SMILES string of the molecule is Cn1nc(N2CCC(=O)NC2=O)c2cc(F)c(N3CC4(CC(N5CCCC(n6cnc7ccc(Oc8c(F)ccc(NS(=O)(=O)N9CCCCC9)c8C#N)cc7c6=O)COCC5)C4)C3)cc21. The summed E-state index contributed by atoms with van der Waals surface area (Å²) in [6.45, 7) is 4.65. The van der Waals surface area contributed by atoms with Gasteiger partial charge in [0.2, 0.25) is 5.91 Å². The molecule has 6 heterocycles. The summed E-state index contributed by atoms with van der Waals surface area (Å²) < 4.78 is 76.2. The number of hydrogen-bond acceptors (Lipinski definition) is 12. The zero-order valence-electron chi connectivity index (χ0n) is 36.3. The van der Waals surface area contributed by atoms with Crippen molar-refractivity contribution < 1.29 is 36.3 Å². The first-order valence-corrected chi connectivity index (χ1v) is 23.8. The minimum Gasteiger partial charge on any atom is -0.453 e. The van der Waals surface area contributed by atoms with E-state index in [0.29, 0.717) is 66.7 Å². The first kappa shape index (κ1) is 43.7. The molecule has 18 nitrogen and oxygen atoms in total. The van der Waals surface area contributed by atoms with Gasteiger partial charge in [-0.05, 0) is 87.5 Å². The molecule has 0 bridgehead atoms. The van der Waals surface area contributed by atoms with Gasteiger partial charge in [-0.3, -0.25) is 38.7 Å². The molecule has 4 aliphatic heterocycles. The molecule has 2 N–H and O–H groups in total. The quantitative estimate of drug-likeness (QED) is 0.198. The van der Waals surface area contributed by atoms with Gasteiger partial charge in [0.15, 0.2) is 17.4 Å². The van der Waals surface area contributed by atoms with Gasteiger partial charge in [0.25, 0.3) is 5.56 Å². The summed E-state index contributed by atoms with van der Waals surface area (Å²) >= 11 is 0. The molecule has 0 radical (unpaired) electrons. The molecule has 1 unspecified atom stereocenters. The predicted octanol–water partition coefficient (Wildman–Crippen LogP) is 5.14. The van der Waals surface area contributed by atoms with E-state index in [1.165, 1.54) is 39.8 Å². The Morgan fingerprint density at radius 3 is 2.52 bits per heavy atom. The highest BCUT2D eigenvalue weighted by molar-refractivity contribution is 7.90. The highest BCUT2D eigenvalue weighted by Crippen LogP contribution is 2.52. The molecule has 3 aromatic carbocycles. The van der Waals surface area contributed by atoms with Gasteiger partial charge in [-0.15, -0.1) is 0 Å². The molecule has 3 amide bonds. The Labute approximate surface area is 378 Å². The fraction of sp³-hybridized carbons (Fsp3) is 0.467. The van der Waals surface area contributed by atoms with E-state index < -0.39 is 27.8 Å². The van der Waals surface area contributed by atoms with E-state index in [4.69, 9.17) is 9.47 Å². The standard InChI is InChI=1S/C45H49F2N11O7S/c1-53-38-20-39(35(47)19-32(38)42(51-53)57-15-11-40(59)50-44(57)61)55-25-45(26-55)21-29(22-45)54-12-5-6-28(24-64-17-16-54)58-27-49-36-9-7-30(18-31(36)43(58)60)65-41-33(23-48)37(10-8-34(41)46)52-66(62,63)56-13-3-2-4-14-56/h7-10,18-20,27-29,52H,2-6,11-17,21-22,24-26H2,1H3,(H,50,59,61). The van der Waals surface area contributed by atoms with Gasteiger partial charge in [0, 0.05) is 69.6 Å². The lowest BCUT2D eigenvalue weighted by atomic mass is 9.60. The number of aryl methyl sites for hydroxylation is 1. The van der Waals surface area contributed by atoms with E-state index in [-0.39, 0.29) is 64.1 Å². The maximum absolute atomic E-state index is 15.7. The lowest BCUT2D eigenvalue weighted by Gasteiger charge is -2.61. The molecule has 1 spiro atoms. The minimum atomic E-state index is -4.00. The maximum Gasteiger partial charge on any atom is 0.329 e. The van der Waals surface area contributed by atoms with Crippen LogP contribution < -0.4 is 30.1 Å². The van der Waals surface area contributed by atoms with Crippen LogP contribution in [0.4, 0.5) is 30.8 Å². The van der Waals surface area contributed by atoms with Gasteiger partial charge < -0.3 is 14.4 Å². The van der Waals surface area contributed by atoms with Crippen LogP contribution in [0, 0.1) is 28.4 Å². The number of nitrogens with one attached hydrogen (secondary N) is 2. The van der Waals surface area contributed by atoms with E-state index in [1.54, 1.807) is 28.4 Å². The summed E-state index contributed by atoms with van der Waals surface area (Å²) in [5, 5.41) is 17.6. The number of ether oxygens (including phenoxy) is 2. The monoisotopic (exact) mass is 925 g/mol. The number of rotatable bonds is 9. The van der Waals surface area contributed by atoms with Crippen molar-refractivity contribution in [3.8, 4) is 17.6 Å². The van der Waals surface area contributed by atoms with Crippen molar-refractivity contribution in [3.05, 3.63) is 76.3 Å². The van der Waals surface area contributed by atoms with E-state index in [0.717, 1.165) is 70.8 Å². The summed E-state index contributed by atoms with van der Waals surface area (Å²) in [6, 6.07) is 11.3. The Kier molecular flexibility index (Phi) is 11.4. The van der Waals surface area contributed by atoms with Crippen LogP contribution >= 0.6 is 0 Å². The Morgan fingerprint density at radius 1 is 0.939 bits per heavy atom. The fourth-order valence-corrected chi connectivity index (χ4v) is 11.6. The average Bonchev–Trinajstić information content (AvgIpc) is 3.64. The van der Waals surface area contributed by atoms with Crippen LogP contribution in [0.2, 0.25) is 0 Å². The molecule has 5 aliphatic rings. The lowest BCUT2D eigenvalue weighted by Crippen LogP contribution is -2.67. The molecule has 346 valence electrons. The number of imide groups is 1. The van der Waals surface area contributed by atoms with Crippen LogP contribution in [0.5, 0.6) is 11.5 Å². The number of benzene rings is 3. The minimum absolute atomic E-state index is 0.0680. The average molecular weight is 926 g/mol. The molecule has 2 aromatic heterocycles.